The Bertz CT molecular complexity index is 1230. The number of fused-ring (bicyclic) bond motifs is 3. The van der Waals surface area contributed by atoms with Gasteiger partial charge in [-0.1, -0.05) is 36.4 Å². The minimum atomic E-state index is -4.52. The average molecular weight is 576 g/mol. The van der Waals surface area contributed by atoms with Gasteiger partial charge in [-0.25, -0.2) is 0 Å². The highest BCUT2D eigenvalue weighted by Crippen LogP contribution is 2.47. The summed E-state index contributed by atoms with van der Waals surface area (Å²) in [6, 6.07) is 13.0. The molecule has 0 aromatic heterocycles. The Labute approximate surface area is 236 Å². The van der Waals surface area contributed by atoms with Crippen LogP contribution in [-0.4, -0.2) is 63.2 Å². The van der Waals surface area contributed by atoms with Crippen molar-refractivity contribution in [1.82, 2.24) is 15.5 Å². The molecule has 0 unspecified atom stereocenters. The molecule has 4 aliphatic rings. The standard InChI is InChI=1S/C29H34F3N3O3.CH2O2/c1-19-21(8-5-9-22(19)29(30,31)32)25(37)33-27-11-14-28(15-12-27,16-13-27)34-26(38)24-23(36)10-17-35(24)18-20-6-3-2-4-7-20;2-1-3/h2-9,23-24,36H,10-18H2,1H3,(H,33,37)(H,34,38);1H,(H,2,3)/t23-,24+,27?,28?;/m0./s1. The number of aliphatic hydroxyl groups excluding tert-OH is 1. The van der Waals surface area contributed by atoms with E-state index in [9.17, 15) is 27.9 Å². The number of likely N-dealkylation sites (tertiary alicyclic amines) is 1. The first-order chi connectivity index (χ1) is 19.4. The summed E-state index contributed by atoms with van der Waals surface area (Å²) in [6.07, 6.45) is -0.783. The van der Waals surface area contributed by atoms with Crippen LogP contribution < -0.4 is 10.6 Å². The van der Waals surface area contributed by atoms with Gasteiger partial charge in [-0.15, -0.1) is 0 Å². The largest absolute Gasteiger partial charge is 0.483 e. The molecule has 6 rings (SSSR count). The number of hydrogen-bond acceptors (Lipinski definition) is 5. The van der Waals surface area contributed by atoms with E-state index in [1.165, 1.54) is 19.1 Å². The number of aliphatic hydroxyl groups is 1. The summed E-state index contributed by atoms with van der Waals surface area (Å²) in [5, 5.41) is 23.8. The number of alkyl halides is 3. The molecule has 8 nitrogen and oxygen atoms in total. The zero-order valence-corrected chi connectivity index (χ0v) is 22.9. The molecule has 1 heterocycles. The lowest BCUT2D eigenvalue weighted by Gasteiger charge is -2.54. The molecule has 1 saturated heterocycles. The maximum Gasteiger partial charge on any atom is 0.416 e. The quantitative estimate of drug-likeness (QED) is 0.386. The maximum absolute atomic E-state index is 13.4. The Hall–Kier alpha value is -3.44. The van der Waals surface area contributed by atoms with E-state index in [1.807, 2.05) is 35.2 Å². The van der Waals surface area contributed by atoms with Gasteiger partial charge in [0.1, 0.15) is 6.04 Å². The third kappa shape index (κ3) is 6.73. The minimum absolute atomic E-state index is 0.0404. The van der Waals surface area contributed by atoms with Crippen molar-refractivity contribution in [3.05, 3.63) is 70.8 Å². The second-order valence-electron chi connectivity index (χ2n) is 11.3. The molecular weight excluding hydrogens is 539 g/mol. The molecular formula is C30H36F3N3O5. The number of nitrogens with one attached hydrogen (secondary N) is 2. The van der Waals surface area contributed by atoms with Gasteiger partial charge in [-0.3, -0.25) is 19.3 Å². The van der Waals surface area contributed by atoms with E-state index >= 15 is 0 Å². The minimum Gasteiger partial charge on any atom is -0.483 e. The molecule has 2 atom stereocenters. The van der Waals surface area contributed by atoms with Crippen LogP contribution in [0.15, 0.2) is 48.5 Å². The van der Waals surface area contributed by atoms with E-state index in [0.717, 1.165) is 11.6 Å². The Morgan fingerprint density at radius 1 is 0.976 bits per heavy atom. The van der Waals surface area contributed by atoms with Gasteiger partial charge < -0.3 is 20.8 Å². The van der Waals surface area contributed by atoms with Crippen LogP contribution in [-0.2, 0) is 22.3 Å². The Balaban J connectivity index is 0.00000124. The van der Waals surface area contributed by atoms with Crippen molar-refractivity contribution >= 4 is 18.3 Å². The molecule has 0 spiro atoms. The van der Waals surface area contributed by atoms with Crippen LogP contribution in [0.1, 0.15) is 72.0 Å². The number of carbonyl (C=O) groups excluding carboxylic acids is 2. The first-order valence-electron chi connectivity index (χ1n) is 13.8. The van der Waals surface area contributed by atoms with Crippen LogP contribution in [0.3, 0.4) is 0 Å². The number of carboxylic acid groups (broad SMARTS) is 1. The Kier molecular flexibility index (Phi) is 9.08. The van der Waals surface area contributed by atoms with Crippen molar-refractivity contribution in [1.29, 1.82) is 0 Å². The normalized spacial score (nSPS) is 27.4. The number of halogens is 3. The maximum atomic E-state index is 13.4. The summed E-state index contributed by atoms with van der Waals surface area (Å²) in [6.45, 7) is 2.31. The van der Waals surface area contributed by atoms with Crippen molar-refractivity contribution in [2.75, 3.05) is 6.54 Å². The number of rotatable bonds is 6. The van der Waals surface area contributed by atoms with Crippen molar-refractivity contribution in [3.63, 3.8) is 0 Å². The fraction of sp³-hybridized carbons (Fsp3) is 0.500. The number of hydrogen-bond donors (Lipinski definition) is 4. The fourth-order valence-corrected chi connectivity index (χ4v) is 6.57. The second kappa shape index (κ2) is 12.2. The van der Waals surface area contributed by atoms with Crippen LogP contribution in [0.4, 0.5) is 13.2 Å². The molecule has 3 aliphatic carbocycles. The summed E-state index contributed by atoms with van der Waals surface area (Å²) in [7, 11) is 0. The molecule has 2 aromatic carbocycles. The van der Waals surface area contributed by atoms with Crippen LogP contribution in [0.2, 0.25) is 0 Å². The number of carbonyl (C=O) groups is 3. The van der Waals surface area contributed by atoms with Gasteiger partial charge in [0, 0.05) is 29.7 Å². The Morgan fingerprint density at radius 2 is 1.54 bits per heavy atom. The van der Waals surface area contributed by atoms with Gasteiger partial charge in [-0.05, 0) is 75.1 Å². The monoisotopic (exact) mass is 575 g/mol. The summed E-state index contributed by atoms with van der Waals surface area (Å²) in [5.74, 6) is -0.651. The van der Waals surface area contributed by atoms with Crippen molar-refractivity contribution < 1.29 is 37.8 Å². The third-order valence-electron chi connectivity index (χ3n) is 8.86. The van der Waals surface area contributed by atoms with Crippen LogP contribution in [0, 0.1) is 6.92 Å². The van der Waals surface area contributed by atoms with E-state index in [4.69, 9.17) is 9.90 Å². The van der Waals surface area contributed by atoms with E-state index < -0.39 is 40.9 Å². The molecule has 4 N–H and O–H groups in total. The van der Waals surface area contributed by atoms with Crippen molar-refractivity contribution in [3.8, 4) is 0 Å². The van der Waals surface area contributed by atoms with E-state index in [0.29, 0.717) is 58.0 Å². The second-order valence-corrected chi connectivity index (χ2v) is 11.3. The molecule has 2 amide bonds. The summed E-state index contributed by atoms with van der Waals surface area (Å²) < 4.78 is 40.0. The zero-order chi connectivity index (χ0) is 29.8. The molecule has 3 saturated carbocycles. The fourth-order valence-electron chi connectivity index (χ4n) is 6.57. The molecule has 2 bridgehead atoms. The molecule has 1 aliphatic heterocycles. The number of benzene rings is 2. The molecule has 0 radical (unpaired) electrons. The predicted molar refractivity (Wildman–Crippen MR) is 145 cm³/mol. The summed E-state index contributed by atoms with van der Waals surface area (Å²) >= 11 is 0. The zero-order valence-electron chi connectivity index (χ0n) is 22.9. The molecule has 2 aromatic rings. The SMILES string of the molecule is Cc1c(C(=O)NC23CCC(NC(=O)[C@H]4[C@@H](O)CCN4Cc4ccccc4)(CC2)CC3)cccc1C(F)(F)F.O=CO. The molecule has 222 valence electrons. The summed E-state index contributed by atoms with van der Waals surface area (Å²) in [4.78, 5) is 36.9. The van der Waals surface area contributed by atoms with Gasteiger partial charge in [-0.2, -0.15) is 13.2 Å². The van der Waals surface area contributed by atoms with E-state index in [2.05, 4.69) is 10.6 Å². The van der Waals surface area contributed by atoms with Gasteiger partial charge >= 0.3 is 6.18 Å². The van der Waals surface area contributed by atoms with Crippen LogP contribution in [0.25, 0.3) is 0 Å². The van der Waals surface area contributed by atoms with E-state index in [1.54, 1.807) is 0 Å². The Morgan fingerprint density at radius 3 is 2.10 bits per heavy atom. The van der Waals surface area contributed by atoms with Crippen LogP contribution >= 0.6 is 0 Å². The smallest absolute Gasteiger partial charge is 0.416 e. The summed E-state index contributed by atoms with van der Waals surface area (Å²) in [5.41, 5.74) is -0.625. The number of amides is 2. The lowest BCUT2D eigenvalue weighted by molar-refractivity contribution is -0.138. The topological polar surface area (TPSA) is 119 Å². The van der Waals surface area contributed by atoms with Crippen molar-refractivity contribution in [2.24, 2.45) is 0 Å². The van der Waals surface area contributed by atoms with Crippen LogP contribution in [0.5, 0.6) is 0 Å². The molecule has 41 heavy (non-hydrogen) atoms. The van der Waals surface area contributed by atoms with Gasteiger partial charge in [0.05, 0.1) is 11.7 Å². The van der Waals surface area contributed by atoms with E-state index in [-0.39, 0.29) is 23.5 Å². The van der Waals surface area contributed by atoms with Gasteiger partial charge in [0.15, 0.2) is 0 Å². The van der Waals surface area contributed by atoms with Crippen molar-refractivity contribution in [2.45, 2.75) is 87.8 Å². The third-order valence-corrected chi connectivity index (χ3v) is 8.86. The highest BCUT2D eigenvalue weighted by Gasteiger charge is 2.51. The molecule has 11 heteroatoms. The lowest BCUT2D eigenvalue weighted by atomic mass is 9.61. The average Bonchev–Trinajstić information content (AvgIpc) is 3.29. The predicted octanol–water partition coefficient (Wildman–Crippen LogP) is 4.04. The van der Waals surface area contributed by atoms with Gasteiger partial charge in [0.25, 0.3) is 12.4 Å². The first-order valence-corrected chi connectivity index (χ1v) is 13.8. The first kappa shape index (κ1) is 30.5. The molecule has 4 fully saturated rings. The highest BCUT2D eigenvalue weighted by atomic mass is 19.4. The highest BCUT2D eigenvalue weighted by molar-refractivity contribution is 5.96. The lowest BCUT2D eigenvalue weighted by Crippen LogP contribution is -2.65. The van der Waals surface area contributed by atoms with Gasteiger partial charge in [0.2, 0.25) is 5.91 Å². The number of nitrogens with zero attached hydrogens (tertiary/aromatic N) is 1.